The molecule has 0 aliphatic rings. The van der Waals surface area contributed by atoms with Crippen molar-refractivity contribution in [3.8, 4) is 0 Å². The van der Waals surface area contributed by atoms with E-state index in [1.165, 1.54) is 0 Å². The molecule has 0 aromatic carbocycles. The average molecular weight is 652 g/mol. The zero-order valence-electron chi connectivity index (χ0n) is 12.9. The number of carbonyl (C=O) groups excluding carboxylic acids is 6. The molecule has 26 heavy (non-hydrogen) atoms. The molecule has 12 nitrogen and oxygen atoms in total. The summed E-state index contributed by atoms with van der Waals surface area (Å²) in [4.78, 5) is 57.0. The molecule has 0 saturated heterocycles. The standard InChI is InChI=1S/3C4H6O4.2Eu/c3*5-3(6)1-2-4(7)8;;/h3*1-2H2,(H,5,6)(H,7,8);;/q;;;2*+3/p-6. The van der Waals surface area contributed by atoms with E-state index in [9.17, 15) is 59.4 Å². The second-order valence-electron chi connectivity index (χ2n) is 3.73. The molecule has 0 bridgehead atoms. The average Bonchev–Trinajstić information content (AvgIpc) is 2.42. The number of hydrogen-bond acceptors (Lipinski definition) is 12. The van der Waals surface area contributed by atoms with E-state index in [-0.39, 0.29) is 98.8 Å². The van der Waals surface area contributed by atoms with Crippen LogP contribution in [0.1, 0.15) is 38.5 Å². The molecular formula is C12H12Eu2O12. The third-order valence-corrected chi connectivity index (χ3v) is 1.60. The number of carboxylic acid groups (broad SMARTS) is 6. The van der Waals surface area contributed by atoms with Gasteiger partial charge >= 0.3 is 98.8 Å². The molecular weight excluding hydrogens is 640 g/mol. The molecule has 0 aliphatic heterocycles. The molecule has 0 spiro atoms. The Balaban J connectivity index is -0.0000000817. The van der Waals surface area contributed by atoms with E-state index in [1.807, 2.05) is 0 Å². The van der Waals surface area contributed by atoms with Crippen molar-refractivity contribution in [3.05, 3.63) is 0 Å². The predicted molar refractivity (Wildman–Crippen MR) is 57.7 cm³/mol. The molecule has 0 fully saturated rings. The molecule has 0 heterocycles. The van der Waals surface area contributed by atoms with Crippen molar-refractivity contribution in [3.63, 3.8) is 0 Å². The van der Waals surface area contributed by atoms with E-state index in [2.05, 4.69) is 0 Å². The van der Waals surface area contributed by atoms with Gasteiger partial charge in [0.05, 0.1) is 0 Å². The Bertz CT molecular complexity index is 355. The minimum absolute atomic E-state index is 0. The van der Waals surface area contributed by atoms with Gasteiger partial charge in [-0.2, -0.15) is 0 Å². The van der Waals surface area contributed by atoms with Crippen molar-refractivity contribution in [1.29, 1.82) is 0 Å². The van der Waals surface area contributed by atoms with Crippen LogP contribution in [0.3, 0.4) is 0 Å². The largest absolute Gasteiger partial charge is 3.00 e. The van der Waals surface area contributed by atoms with Gasteiger partial charge in [-0.1, -0.05) is 0 Å². The first-order valence-electron chi connectivity index (χ1n) is 6.07. The van der Waals surface area contributed by atoms with Crippen LogP contribution in [0.4, 0.5) is 0 Å². The third-order valence-electron chi connectivity index (χ3n) is 1.60. The molecule has 0 unspecified atom stereocenters. The summed E-state index contributed by atoms with van der Waals surface area (Å²) >= 11 is 0. The summed E-state index contributed by atoms with van der Waals surface area (Å²) in [7, 11) is 0. The fourth-order valence-electron chi connectivity index (χ4n) is 0.612. The molecule has 0 aromatic heterocycles. The molecule has 0 saturated carbocycles. The first kappa shape index (κ1) is 36.8. The quantitative estimate of drug-likeness (QED) is 0.226. The van der Waals surface area contributed by atoms with Crippen molar-refractivity contribution in [1.82, 2.24) is 0 Å². The smallest absolute Gasteiger partial charge is 0.550 e. The summed E-state index contributed by atoms with van der Waals surface area (Å²) in [6, 6.07) is 0. The minimum Gasteiger partial charge on any atom is -0.550 e. The normalized spacial score (nSPS) is 7.85. The van der Waals surface area contributed by atoms with Crippen molar-refractivity contribution in [2.24, 2.45) is 0 Å². The van der Waals surface area contributed by atoms with Gasteiger partial charge in [0.15, 0.2) is 0 Å². The molecule has 0 amide bonds. The van der Waals surface area contributed by atoms with Gasteiger partial charge in [-0.05, 0) is 38.5 Å². The van der Waals surface area contributed by atoms with Gasteiger partial charge < -0.3 is 59.4 Å². The van der Waals surface area contributed by atoms with E-state index in [4.69, 9.17) is 0 Å². The van der Waals surface area contributed by atoms with Gasteiger partial charge in [-0.15, -0.1) is 0 Å². The molecule has 0 aromatic rings. The topological polar surface area (TPSA) is 241 Å². The van der Waals surface area contributed by atoms with E-state index < -0.39 is 74.3 Å². The van der Waals surface area contributed by atoms with Gasteiger partial charge in [0.2, 0.25) is 0 Å². The number of rotatable bonds is 9. The zero-order chi connectivity index (χ0) is 19.7. The van der Waals surface area contributed by atoms with Gasteiger partial charge in [0.1, 0.15) is 0 Å². The Morgan fingerprint density at radius 3 is 0.462 bits per heavy atom. The van der Waals surface area contributed by atoms with Crippen molar-refractivity contribution < 1.29 is 158 Å². The third kappa shape index (κ3) is 56.4. The van der Waals surface area contributed by atoms with E-state index in [0.717, 1.165) is 0 Å². The van der Waals surface area contributed by atoms with Gasteiger partial charge in [-0.3, -0.25) is 0 Å². The van der Waals surface area contributed by atoms with Crippen molar-refractivity contribution in [2.75, 3.05) is 0 Å². The molecule has 14 heteroatoms. The fourth-order valence-corrected chi connectivity index (χ4v) is 0.612. The maximum absolute atomic E-state index is 9.50. The van der Waals surface area contributed by atoms with Gasteiger partial charge in [0.25, 0.3) is 0 Å². The number of carbonyl (C=O) groups is 6. The number of carboxylic acids is 6. The molecule has 0 N–H and O–H groups in total. The van der Waals surface area contributed by atoms with Crippen LogP contribution in [0.5, 0.6) is 0 Å². The SMILES string of the molecule is O=C([O-])CCC(=O)[O-].O=C([O-])CCC(=O)[O-].O=C([O-])CCC(=O)[O-].[Eu+3].[Eu+3]. The van der Waals surface area contributed by atoms with Crippen LogP contribution in [0, 0.1) is 98.8 Å². The molecule has 0 atom stereocenters. The van der Waals surface area contributed by atoms with Crippen LogP contribution in [-0.2, 0) is 28.8 Å². The zero-order valence-corrected chi connectivity index (χ0v) is 17.7. The van der Waals surface area contributed by atoms with Crippen molar-refractivity contribution in [2.45, 2.75) is 38.5 Å². The summed E-state index contributed by atoms with van der Waals surface area (Å²) in [5.41, 5.74) is 0. The molecule has 0 radical (unpaired) electrons. The molecule has 146 valence electrons. The predicted octanol–water partition coefficient (Wildman–Crippen LogP) is -8.20. The Morgan fingerprint density at radius 2 is 0.423 bits per heavy atom. The second kappa shape index (κ2) is 25.0. The van der Waals surface area contributed by atoms with Crippen LogP contribution in [0.15, 0.2) is 0 Å². The Kier molecular flexibility index (Phi) is 35.4. The van der Waals surface area contributed by atoms with Gasteiger partial charge in [-0.25, -0.2) is 0 Å². The Morgan fingerprint density at radius 1 is 0.346 bits per heavy atom. The summed E-state index contributed by atoms with van der Waals surface area (Å²) in [5, 5.41) is 57.0. The second-order valence-corrected chi connectivity index (χ2v) is 3.73. The van der Waals surface area contributed by atoms with Crippen LogP contribution in [0.25, 0.3) is 0 Å². The molecule has 0 rings (SSSR count). The van der Waals surface area contributed by atoms with Crippen LogP contribution in [-0.4, -0.2) is 35.8 Å². The molecule has 0 aliphatic carbocycles. The fraction of sp³-hybridized carbons (Fsp3) is 0.500. The van der Waals surface area contributed by atoms with E-state index in [1.54, 1.807) is 0 Å². The summed E-state index contributed by atoms with van der Waals surface area (Å²) in [6.45, 7) is 0. The Labute approximate surface area is 229 Å². The van der Waals surface area contributed by atoms with E-state index >= 15 is 0 Å². The number of aliphatic carboxylic acids is 6. The first-order chi connectivity index (χ1) is 10.9. The number of hydrogen-bond donors (Lipinski definition) is 0. The summed E-state index contributed by atoms with van der Waals surface area (Å²) in [5.74, 6) is -8.20. The summed E-state index contributed by atoms with van der Waals surface area (Å²) < 4.78 is 0. The monoisotopic (exact) mass is 654 g/mol. The van der Waals surface area contributed by atoms with Crippen LogP contribution in [0.2, 0.25) is 0 Å². The van der Waals surface area contributed by atoms with E-state index in [0.29, 0.717) is 0 Å². The summed E-state index contributed by atoms with van der Waals surface area (Å²) in [6.07, 6.45) is -2.82. The van der Waals surface area contributed by atoms with Crippen molar-refractivity contribution >= 4 is 35.8 Å². The maximum atomic E-state index is 9.50. The minimum atomic E-state index is -1.37. The van der Waals surface area contributed by atoms with Crippen LogP contribution >= 0.6 is 0 Å². The Hall–Kier alpha value is -0.0112. The van der Waals surface area contributed by atoms with Crippen LogP contribution < -0.4 is 30.6 Å². The maximum Gasteiger partial charge on any atom is 3.00 e. The van der Waals surface area contributed by atoms with Gasteiger partial charge in [0, 0.05) is 35.8 Å². The first-order valence-corrected chi connectivity index (χ1v) is 6.07.